The number of aliphatic carboxylic acids is 1. The topological polar surface area (TPSA) is 66.8 Å². The maximum absolute atomic E-state index is 13.1. The van der Waals surface area contributed by atoms with E-state index in [1.54, 1.807) is 6.92 Å². The average Bonchev–Trinajstić information content (AvgIpc) is 2.20. The molecule has 0 amide bonds. The van der Waals surface area contributed by atoms with E-state index in [-0.39, 0.29) is 13.2 Å². The summed E-state index contributed by atoms with van der Waals surface area (Å²) in [6.07, 6.45) is 0. The Labute approximate surface area is 99.7 Å². The highest BCUT2D eigenvalue weighted by Crippen LogP contribution is 2.17. The van der Waals surface area contributed by atoms with Crippen LogP contribution < -0.4 is 4.74 Å². The van der Waals surface area contributed by atoms with Gasteiger partial charge >= 0.3 is 5.97 Å². The van der Waals surface area contributed by atoms with Gasteiger partial charge in [0, 0.05) is 6.07 Å². The van der Waals surface area contributed by atoms with Crippen molar-refractivity contribution in [1.82, 2.24) is 0 Å². The second kappa shape index (κ2) is 5.63. The second-order valence-electron chi connectivity index (χ2n) is 3.78. The molecule has 0 aromatic heterocycles. The van der Waals surface area contributed by atoms with Crippen LogP contribution in [0.15, 0.2) is 18.2 Å². The van der Waals surface area contributed by atoms with Gasteiger partial charge in [-0.25, -0.2) is 9.18 Å². The first-order valence-electron chi connectivity index (χ1n) is 4.67. The second-order valence-corrected chi connectivity index (χ2v) is 3.78. The van der Waals surface area contributed by atoms with Gasteiger partial charge in [0.1, 0.15) is 18.2 Å². The number of benzene rings is 1. The van der Waals surface area contributed by atoms with E-state index >= 15 is 0 Å². The van der Waals surface area contributed by atoms with E-state index in [0.29, 0.717) is 5.56 Å². The Kier molecular flexibility index (Phi) is 5.10. The third kappa shape index (κ3) is 4.03. The molecule has 2 N–H and O–H groups in total. The van der Waals surface area contributed by atoms with Gasteiger partial charge in [-0.05, 0) is 25.5 Å². The molecule has 0 saturated heterocycles. The van der Waals surface area contributed by atoms with Gasteiger partial charge in [0.25, 0.3) is 0 Å². The summed E-state index contributed by atoms with van der Waals surface area (Å²) in [5.74, 6) is -1.64. The summed E-state index contributed by atoms with van der Waals surface area (Å²) in [7, 11) is 0. The molecule has 17 heavy (non-hydrogen) atoms. The zero-order valence-corrected chi connectivity index (χ0v) is 9.03. The Morgan fingerprint density at radius 1 is 1.53 bits per heavy atom. The third-order valence-electron chi connectivity index (χ3n) is 2.12. The summed E-state index contributed by atoms with van der Waals surface area (Å²) < 4.78 is 18.1. The fourth-order valence-corrected chi connectivity index (χ4v) is 0.949. The maximum Gasteiger partial charge on any atom is 0.339 e. The summed E-state index contributed by atoms with van der Waals surface area (Å²) in [6, 6.07) is 4.17. The smallest absolute Gasteiger partial charge is 0.339 e. The van der Waals surface area contributed by atoms with E-state index in [1.807, 2.05) is 0 Å². The number of aryl methyl sites for hydroxylation is 1. The fourth-order valence-electron chi connectivity index (χ4n) is 0.949. The average molecular weight is 244 g/mol. The van der Waals surface area contributed by atoms with E-state index in [4.69, 9.17) is 9.84 Å². The van der Waals surface area contributed by atoms with E-state index in [2.05, 4.69) is 0 Å². The monoisotopic (exact) mass is 244 g/mol. The van der Waals surface area contributed by atoms with Crippen LogP contribution in [0.5, 0.6) is 5.75 Å². The van der Waals surface area contributed by atoms with E-state index in [1.165, 1.54) is 12.1 Å². The van der Waals surface area contributed by atoms with Crippen LogP contribution in [0.2, 0.25) is 0 Å². The highest BCUT2D eigenvalue weighted by Gasteiger charge is 2.30. The lowest BCUT2D eigenvalue weighted by atomic mass is 10.1. The molecule has 0 aliphatic rings. The summed E-state index contributed by atoms with van der Waals surface area (Å²) in [4.78, 5) is 10.6. The van der Waals surface area contributed by atoms with Crippen LogP contribution in [-0.4, -0.2) is 28.4 Å². The molecule has 0 saturated carbocycles. The SMILES string of the molecule is C.Cc1ccc(OC[C@](C)(O)C(=O)O)cc1F. The quantitative estimate of drug-likeness (QED) is 0.850. The van der Waals surface area contributed by atoms with Crippen molar-refractivity contribution in [2.24, 2.45) is 0 Å². The van der Waals surface area contributed by atoms with Crippen molar-refractivity contribution in [3.63, 3.8) is 0 Å². The Balaban J connectivity index is 0.00000256. The van der Waals surface area contributed by atoms with Gasteiger partial charge in [-0.2, -0.15) is 0 Å². The summed E-state index contributed by atoms with van der Waals surface area (Å²) in [5, 5.41) is 18.0. The van der Waals surface area contributed by atoms with Gasteiger partial charge in [0.15, 0.2) is 5.60 Å². The van der Waals surface area contributed by atoms with Gasteiger partial charge in [-0.1, -0.05) is 13.5 Å². The molecule has 1 aromatic carbocycles. The third-order valence-corrected chi connectivity index (χ3v) is 2.12. The van der Waals surface area contributed by atoms with Crippen LogP contribution in [0.4, 0.5) is 4.39 Å². The number of carboxylic acids is 1. The van der Waals surface area contributed by atoms with Gasteiger partial charge in [0.2, 0.25) is 0 Å². The minimum atomic E-state index is -1.98. The van der Waals surface area contributed by atoms with Gasteiger partial charge in [-0.3, -0.25) is 0 Å². The molecule has 0 aliphatic carbocycles. The van der Waals surface area contributed by atoms with Crippen molar-refractivity contribution in [1.29, 1.82) is 0 Å². The van der Waals surface area contributed by atoms with Gasteiger partial charge < -0.3 is 14.9 Å². The van der Waals surface area contributed by atoms with Gasteiger partial charge in [0.05, 0.1) is 0 Å². The van der Waals surface area contributed by atoms with Crippen molar-refractivity contribution < 1.29 is 24.1 Å². The number of halogens is 1. The molecule has 0 aliphatic heterocycles. The molecular formula is C12H17FO4. The molecule has 1 atom stereocenters. The summed E-state index contributed by atoms with van der Waals surface area (Å²) in [6.45, 7) is 2.28. The van der Waals surface area contributed by atoms with E-state index in [9.17, 15) is 14.3 Å². The minimum absolute atomic E-state index is 0. The molecule has 0 fully saturated rings. The van der Waals surface area contributed by atoms with Crippen LogP contribution >= 0.6 is 0 Å². The first kappa shape index (κ1) is 15.4. The number of carbonyl (C=O) groups is 1. The zero-order chi connectivity index (χ0) is 12.3. The molecular weight excluding hydrogens is 227 g/mol. The molecule has 0 bridgehead atoms. The van der Waals surface area contributed by atoms with Crippen molar-refractivity contribution in [2.45, 2.75) is 26.9 Å². The van der Waals surface area contributed by atoms with Crippen LogP contribution in [0, 0.1) is 12.7 Å². The molecule has 0 heterocycles. The fraction of sp³-hybridized carbons (Fsp3) is 0.417. The van der Waals surface area contributed by atoms with E-state index in [0.717, 1.165) is 13.0 Å². The minimum Gasteiger partial charge on any atom is -0.490 e. The summed E-state index contributed by atoms with van der Waals surface area (Å²) >= 11 is 0. The molecule has 0 unspecified atom stereocenters. The van der Waals surface area contributed by atoms with E-state index < -0.39 is 24.0 Å². The number of rotatable bonds is 4. The largest absolute Gasteiger partial charge is 0.490 e. The van der Waals surface area contributed by atoms with Crippen molar-refractivity contribution in [3.05, 3.63) is 29.6 Å². The predicted molar refractivity (Wildman–Crippen MR) is 61.6 cm³/mol. The molecule has 1 rings (SSSR count). The predicted octanol–water partition coefficient (Wildman–Crippen LogP) is 1.98. The lowest BCUT2D eigenvalue weighted by molar-refractivity contribution is -0.159. The molecule has 5 heteroatoms. The summed E-state index contributed by atoms with van der Waals surface area (Å²) in [5.41, 5.74) is -1.51. The standard InChI is InChI=1S/C11H13FO4.CH4/c1-7-3-4-8(5-9(7)12)16-6-11(2,15)10(13)14;/h3-5,15H,6H2,1-2H3,(H,13,14);1H4/t11-;/m0./s1. The first-order valence-corrected chi connectivity index (χ1v) is 4.67. The van der Waals surface area contributed by atoms with Crippen LogP contribution in [0.1, 0.15) is 19.9 Å². The van der Waals surface area contributed by atoms with Crippen molar-refractivity contribution in [3.8, 4) is 5.75 Å². The zero-order valence-electron chi connectivity index (χ0n) is 9.03. The molecule has 96 valence electrons. The van der Waals surface area contributed by atoms with Crippen molar-refractivity contribution >= 4 is 5.97 Å². The number of aliphatic hydroxyl groups is 1. The highest BCUT2D eigenvalue weighted by atomic mass is 19.1. The number of ether oxygens (including phenoxy) is 1. The Morgan fingerprint density at radius 2 is 2.12 bits per heavy atom. The first-order chi connectivity index (χ1) is 7.33. The molecule has 1 aromatic rings. The van der Waals surface area contributed by atoms with Crippen molar-refractivity contribution in [2.75, 3.05) is 6.61 Å². The normalized spacial score (nSPS) is 13.4. The lowest BCUT2D eigenvalue weighted by Crippen LogP contribution is -2.41. The van der Waals surface area contributed by atoms with Crippen LogP contribution in [-0.2, 0) is 4.79 Å². The van der Waals surface area contributed by atoms with Crippen LogP contribution in [0.3, 0.4) is 0 Å². The molecule has 4 nitrogen and oxygen atoms in total. The number of hydrogen-bond donors (Lipinski definition) is 2. The Bertz CT molecular complexity index is 401. The number of carboxylic acid groups (broad SMARTS) is 1. The number of hydrogen-bond acceptors (Lipinski definition) is 3. The highest BCUT2D eigenvalue weighted by molar-refractivity contribution is 5.76. The Morgan fingerprint density at radius 3 is 2.59 bits per heavy atom. The lowest BCUT2D eigenvalue weighted by Gasteiger charge is -2.18. The van der Waals surface area contributed by atoms with Gasteiger partial charge in [-0.15, -0.1) is 0 Å². The molecule has 0 spiro atoms. The maximum atomic E-state index is 13.1. The van der Waals surface area contributed by atoms with Crippen LogP contribution in [0.25, 0.3) is 0 Å². The molecule has 0 radical (unpaired) electrons. The Hall–Kier alpha value is -1.62.